The van der Waals surface area contributed by atoms with Gasteiger partial charge in [-0.15, -0.1) is 0 Å². The maximum atomic E-state index is 13.7. The average molecular weight is 384 g/mol. The first kappa shape index (κ1) is 18.0. The molecule has 0 bridgehead atoms. The normalized spacial score (nSPS) is 15.4. The molecule has 0 radical (unpaired) electrons. The minimum atomic E-state index is -1.65. The molecule has 5 nitrogen and oxygen atoms in total. The molecule has 28 heavy (non-hydrogen) atoms. The molecular weight excluding hydrogens is 369 g/mol. The third-order valence-electron chi connectivity index (χ3n) is 4.61. The van der Waals surface area contributed by atoms with Crippen LogP contribution in [0, 0.1) is 17.5 Å². The quantitative estimate of drug-likeness (QED) is 0.687. The Kier molecular flexibility index (Phi) is 4.46. The Morgan fingerprint density at radius 1 is 1.07 bits per heavy atom. The van der Waals surface area contributed by atoms with Crippen molar-refractivity contribution in [2.75, 3.05) is 10.2 Å². The van der Waals surface area contributed by atoms with Crippen LogP contribution in [0.1, 0.15) is 23.0 Å². The zero-order valence-electron chi connectivity index (χ0n) is 14.8. The Hall–Kier alpha value is -3.42. The van der Waals surface area contributed by atoms with Crippen molar-refractivity contribution in [1.29, 1.82) is 0 Å². The van der Waals surface area contributed by atoms with Crippen molar-refractivity contribution in [3.8, 4) is 0 Å². The molecule has 2 aromatic carbocycles. The van der Waals surface area contributed by atoms with Crippen LogP contribution in [0.25, 0.3) is 0 Å². The number of benzene rings is 2. The van der Waals surface area contributed by atoms with Gasteiger partial charge < -0.3 is 10.2 Å². The molecule has 1 amide bonds. The number of para-hydroxylation sites is 1. The van der Waals surface area contributed by atoms with Gasteiger partial charge in [-0.3, -0.25) is 4.79 Å². The number of aromatic nitrogens is 2. The predicted molar refractivity (Wildman–Crippen MR) is 98.0 cm³/mol. The number of hydrogen-bond donors (Lipinski definition) is 1. The van der Waals surface area contributed by atoms with E-state index in [1.807, 2.05) is 23.1 Å². The lowest BCUT2D eigenvalue weighted by atomic mass is 10.1. The molecule has 0 fully saturated rings. The lowest BCUT2D eigenvalue weighted by Crippen LogP contribution is -2.25. The molecule has 2 heterocycles. The smallest absolute Gasteiger partial charge is 0.275 e. The number of hydrogen-bond acceptors (Lipinski definition) is 4. The van der Waals surface area contributed by atoms with Crippen LogP contribution in [0.4, 0.5) is 30.4 Å². The van der Waals surface area contributed by atoms with Crippen molar-refractivity contribution in [2.24, 2.45) is 0 Å². The van der Waals surface area contributed by atoms with Crippen molar-refractivity contribution in [3.63, 3.8) is 0 Å². The number of rotatable bonds is 3. The molecule has 8 heteroatoms. The van der Waals surface area contributed by atoms with E-state index < -0.39 is 29.0 Å². The maximum Gasteiger partial charge on any atom is 0.275 e. The molecule has 0 aliphatic carbocycles. The Labute approximate surface area is 158 Å². The van der Waals surface area contributed by atoms with Crippen molar-refractivity contribution < 1.29 is 18.0 Å². The standard InChI is InChI=1S/C20H15F3N4O/c1-11-8-12-4-2-3-5-16(12)27(11)17-10-24-15(9-25-17)20(28)26-14-7-6-13(21)18(22)19(14)23/h2-7,9-11H,8H2,1H3,(H,26,28). The first-order valence-corrected chi connectivity index (χ1v) is 8.59. The molecule has 142 valence electrons. The molecule has 1 aliphatic rings. The second kappa shape index (κ2) is 6.95. The monoisotopic (exact) mass is 384 g/mol. The zero-order chi connectivity index (χ0) is 19.8. The van der Waals surface area contributed by atoms with Gasteiger partial charge in [-0.05, 0) is 37.1 Å². The highest BCUT2D eigenvalue weighted by molar-refractivity contribution is 6.02. The van der Waals surface area contributed by atoms with E-state index in [9.17, 15) is 18.0 Å². The number of anilines is 3. The first-order chi connectivity index (χ1) is 13.5. The minimum absolute atomic E-state index is 0.0759. The van der Waals surface area contributed by atoms with Gasteiger partial charge in [0.1, 0.15) is 5.69 Å². The Morgan fingerprint density at radius 3 is 2.61 bits per heavy atom. The van der Waals surface area contributed by atoms with Crippen LogP contribution in [-0.2, 0) is 6.42 Å². The van der Waals surface area contributed by atoms with Crippen molar-refractivity contribution in [2.45, 2.75) is 19.4 Å². The summed E-state index contributed by atoms with van der Waals surface area (Å²) in [5.41, 5.74) is 1.68. The average Bonchev–Trinajstić information content (AvgIpc) is 3.04. The summed E-state index contributed by atoms with van der Waals surface area (Å²) >= 11 is 0. The SMILES string of the molecule is CC1Cc2ccccc2N1c1cnc(C(=O)Nc2ccc(F)c(F)c2F)cn1. The molecule has 3 aromatic rings. The van der Waals surface area contributed by atoms with Crippen LogP contribution in [0.15, 0.2) is 48.8 Å². The third-order valence-corrected chi connectivity index (χ3v) is 4.61. The zero-order valence-corrected chi connectivity index (χ0v) is 14.8. The van der Waals surface area contributed by atoms with Crippen molar-refractivity contribution in [1.82, 2.24) is 9.97 Å². The topological polar surface area (TPSA) is 58.1 Å². The number of nitrogens with one attached hydrogen (secondary N) is 1. The maximum absolute atomic E-state index is 13.7. The second-order valence-corrected chi connectivity index (χ2v) is 6.49. The fourth-order valence-corrected chi connectivity index (χ4v) is 3.29. The predicted octanol–water partition coefficient (Wildman–Crippen LogP) is 4.23. The van der Waals surface area contributed by atoms with Gasteiger partial charge in [0, 0.05) is 11.7 Å². The van der Waals surface area contributed by atoms with Crippen LogP contribution >= 0.6 is 0 Å². The largest absolute Gasteiger partial charge is 0.322 e. The van der Waals surface area contributed by atoms with Crippen molar-refractivity contribution >= 4 is 23.1 Å². The van der Waals surface area contributed by atoms with E-state index in [0.717, 1.165) is 24.2 Å². The Bertz CT molecular complexity index is 1060. The minimum Gasteiger partial charge on any atom is -0.322 e. The van der Waals surface area contributed by atoms with E-state index in [0.29, 0.717) is 5.82 Å². The lowest BCUT2D eigenvalue weighted by Gasteiger charge is -2.23. The summed E-state index contributed by atoms with van der Waals surface area (Å²) in [4.78, 5) is 22.7. The molecular formula is C20H15F3N4O. The number of amides is 1. The Morgan fingerprint density at radius 2 is 1.86 bits per heavy atom. The number of halogens is 3. The summed E-state index contributed by atoms with van der Waals surface area (Å²) in [6.45, 7) is 2.06. The van der Waals surface area contributed by atoms with Gasteiger partial charge in [0.15, 0.2) is 23.3 Å². The van der Waals surface area contributed by atoms with E-state index in [1.165, 1.54) is 18.0 Å². The summed E-state index contributed by atoms with van der Waals surface area (Å²) < 4.78 is 40.0. The highest BCUT2D eigenvalue weighted by Crippen LogP contribution is 2.36. The lowest BCUT2D eigenvalue weighted by molar-refractivity contribution is 0.102. The molecule has 1 atom stereocenters. The van der Waals surface area contributed by atoms with Crippen LogP contribution in [0.3, 0.4) is 0 Å². The van der Waals surface area contributed by atoms with Gasteiger partial charge in [-0.2, -0.15) is 0 Å². The van der Waals surface area contributed by atoms with Gasteiger partial charge in [0.25, 0.3) is 5.91 Å². The van der Waals surface area contributed by atoms with E-state index in [1.54, 1.807) is 0 Å². The first-order valence-electron chi connectivity index (χ1n) is 8.59. The highest BCUT2D eigenvalue weighted by Gasteiger charge is 2.28. The van der Waals surface area contributed by atoms with Gasteiger partial charge in [-0.25, -0.2) is 23.1 Å². The molecule has 1 aliphatic heterocycles. The number of nitrogens with zero attached hydrogens (tertiary/aromatic N) is 3. The molecule has 0 saturated heterocycles. The molecule has 0 spiro atoms. The van der Waals surface area contributed by atoms with Crippen LogP contribution in [0.5, 0.6) is 0 Å². The van der Waals surface area contributed by atoms with E-state index >= 15 is 0 Å². The summed E-state index contributed by atoms with van der Waals surface area (Å²) in [6.07, 6.45) is 3.58. The number of carbonyl (C=O) groups excluding carboxylic acids is 1. The summed E-state index contributed by atoms with van der Waals surface area (Å²) in [6, 6.07) is 9.82. The summed E-state index contributed by atoms with van der Waals surface area (Å²) in [7, 11) is 0. The van der Waals surface area contributed by atoms with Crippen LogP contribution in [-0.4, -0.2) is 21.9 Å². The second-order valence-electron chi connectivity index (χ2n) is 6.49. The summed E-state index contributed by atoms with van der Waals surface area (Å²) in [5.74, 6) is -4.66. The van der Waals surface area contributed by atoms with E-state index in [-0.39, 0.29) is 11.7 Å². The molecule has 1 unspecified atom stereocenters. The highest BCUT2D eigenvalue weighted by atomic mass is 19.2. The van der Waals surface area contributed by atoms with Crippen LogP contribution < -0.4 is 10.2 Å². The summed E-state index contributed by atoms with van der Waals surface area (Å²) in [5, 5.41) is 2.17. The fraction of sp³-hybridized carbons (Fsp3) is 0.150. The molecule has 4 rings (SSSR count). The van der Waals surface area contributed by atoms with Gasteiger partial charge in [0.2, 0.25) is 0 Å². The third kappa shape index (κ3) is 3.06. The van der Waals surface area contributed by atoms with Gasteiger partial charge in [0.05, 0.1) is 18.1 Å². The molecule has 1 aromatic heterocycles. The van der Waals surface area contributed by atoms with Crippen LogP contribution in [0.2, 0.25) is 0 Å². The molecule has 1 N–H and O–H groups in total. The number of carbonyl (C=O) groups is 1. The van der Waals surface area contributed by atoms with Crippen molar-refractivity contribution in [3.05, 3.63) is 77.5 Å². The Balaban J connectivity index is 1.56. The molecule has 0 saturated carbocycles. The van der Waals surface area contributed by atoms with Gasteiger partial charge in [-0.1, -0.05) is 18.2 Å². The van der Waals surface area contributed by atoms with Gasteiger partial charge >= 0.3 is 0 Å². The van der Waals surface area contributed by atoms with E-state index in [2.05, 4.69) is 28.3 Å². The number of fused-ring (bicyclic) bond motifs is 1. The fourth-order valence-electron chi connectivity index (χ4n) is 3.29. The van der Waals surface area contributed by atoms with E-state index in [4.69, 9.17) is 0 Å².